The van der Waals surface area contributed by atoms with Crippen LogP contribution in [0.5, 0.6) is 17.2 Å². The van der Waals surface area contributed by atoms with Gasteiger partial charge in [0, 0.05) is 23.9 Å². The van der Waals surface area contributed by atoms with Gasteiger partial charge in [-0.1, -0.05) is 12.1 Å². The predicted octanol–water partition coefficient (Wildman–Crippen LogP) is 1.79. The Morgan fingerprint density at radius 3 is 2.44 bits per heavy atom. The highest BCUT2D eigenvalue weighted by Gasteiger charge is 2.11. The summed E-state index contributed by atoms with van der Waals surface area (Å²) in [5.41, 5.74) is 1.30. The molecular formula is C12H11NO3. The van der Waals surface area contributed by atoms with E-state index in [1.807, 2.05) is 12.1 Å². The van der Waals surface area contributed by atoms with Gasteiger partial charge >= 0.3 is 0 Å². The molecule has 0 aliphatic carbocycles. The number of phenolic OH excluding ortho intramolecular Hbond substituents is 3. The maximum absolute atomic E-state index is 9.60. The molecule has 3 N–H and O–H groups in total. The zero-order chi connectivity index (χ0) is 11.5. The van der Waals surface area contributed by atoms with Crippen LogP contribution in [0.1, 0.15) is 11.3 Å². The van der Waals surface area contributed by atoms with Crippen molar-refractivity contribution in [3.8, 4) is 17.2 Å². The van der Waals surface area contributed by atoms with Crippen LogP contribution < -0.4 is 0 Å². The van der Waals surface area contributed by atoms with E-state index in [1.54, 1.807) is 18.3 Å². The average Bonchev–Trinajstić information content (AvgIpc) is 2.31. The van der Waals surface area contributed by atoms with Crippen LogP contribution in [-0.4, -0.2) is 20.3 Å². The number of rotatable bonds is 2. The summed E-state index contributed by atoms with van der Waals surface area (Å²) in [5.74, 6) is -1.12. The molecule has 2 rings (SSSR count). The van der Waals surface area contributed by atoms with Crippen molar-refractivity contribution in [2.24, 2.45) is 0 Å². The maximum Gasteiger partial charge on any atom is 0.200 e. The molecule has 0 amide bonds. The quantitative estimate of drug-likeness (QED) is 0.670. The van der Waals surface area contributed by atoms with Crippen molar-refractivity contribution in [3.05, 3.63) is 47.8 Å². The van der Waals surface area contributed by atoms with Gasteiger partial charge in [-0.05, 0) is 18.2 Å². The van der Waals surface area contributed by atoms with Crippen molar-refractivity contribution in [1.82, 2.24) is 4.98 Å². The summed E-state index contributed by atoms with van der Waals surface area (Å²) in [6, 6.07) is 8.37. The van der Waals surface area contributed by atoms with E-state index in [-0.39, 0.29) is 11.5 Å². The Morgan fingerprint density at radius 2 is 1.75 bits per heavy atom. The van der Waals surface area contributed by atoms with E-state index in [9.17, 15) is 10.2 Å². The number of aromatic nitrogens is 1. The molecule has 0 bridgehead atoms. The van der Waals surface area contributed by atoms with Gasteiger partial charge in [0.25, 0.3) is 0 Å². The Labute approximate surface area is 92.5 Å². The van der Waals surface area contributed by atoms with Gasteiger partial charge in [-0.3, -0.25) is 4.98 Å². The van der Waals surface area contributed by atoms with Crippen LogP contribution in [-0.2, 0) is 6.42 Å². The number of aromatic hydroxyl groups is 3. The number of hydrogen-bond donors (Lipinski definition) is 3. The number of nitrogens with zero attached hydrogens (tertiary/aromatic N) is 1. The topological polar surface area (TPSA) is 73.6 Å². The minimum Gasteiger partial charge on any atom is -0.504 e. The second-order valence-electron chi connectivity index (χ2n) is 3.44. The molecule has 16 heavy (non-hydrogen) atoms. The molecule has 0 aliphatic rings. The molecule has 0 aliphatic heterocycles. The number of benzene rings is 1. The fourth-order valence-electron chi connectivity index (χ4n) is 1.45. The van der Waals surface area contributed by atoms with E-state index in [4.69, 9.17) is 5.11 Å². The van der Waals surface area contributed by atoms with E-state index < -0.39 is 5.75 Å². The highest BCUT2D eigenvalue weighted by atomic mass is 16.3. The van der Waals surface area contributed by atoms with Gasteiger partial charge < -0.3 is 15.3 Å². The lowest BCUT2D eigenvalue weighted by Crippen LogP contribution is -1.91. The summed E-state index contributed by atoms with van der Waals surface area (Å²) in [5, 5.41) is 28.1. The SMILES string of the molecule is Oc1ccc(Cc2ccccn2)c(O)c1O. The van der Waals surface area contributed by atoms with E-state index in [2.05, 4.69) is 4.98 Å². The second-order valence-corrected chi connectivity index (χ2v) is 3.44. The minimum absolute atomic E-state index is 0.300. The first-order chi connectivity index (χ1) is 7.68. The molecule has 0 fully saturated rings. The van der Waals surface area contributed by atoms with Crippen LogP contribution in [0.4, 0.5) is 0 Å². The van der Waals surface area contributed by atoms with Gasteiger partial charge in [0.05, 0.1) is 0 Å². The molecule has 0 atom stereocenters. The van der Waals surface area contributed by atoms with Gasteiger partial charge in [-0.25, -0.2) is 0 Å². The van der Waals surface area contributed by atoms with Crippen LogP contribution >= 0.6 is 0 Å². The number of pyridine rings is 1. The van der Waals surface area contributed by atoms with E-state index in [0.717, 1.165) is 5.69 Å². The van der Waals surface area contributed by atoms with Gasteiger partial charge in [0.1, 0.15) is 0 Å². The predicted molar refractivity (Wildman–Crippen MR) is 58.5 cm³/mol. The fraction of sp³-hybridized carbons (Fsp3) is 0.0833. The third-order valence-corrected chi connectivity index (χ3v) is 2.31. The lowest BCUT2D eigenvalue weighted by molar-refractivity contribution is 0.365. The van der Waals surface area contributed by atoms with Crippen LogP contribution in [0, 0.1) is 0 Å². The molecule has 0 saturated heterocycles. The van der Waals surface area contributed by atoms with Gasteiger partial charge in [0.2, 0.25) is 5.75 Å². The molecule has 4 heteroatoms. The molecule has 82 valence electrons. The first kappa shape index (κ1) is 10.3. The smallest absolute Gasteiger partial charge is 0.200 e. The minimum atomic E-state index is -0.492. The second kappa shape index (κ2) is 4.10. The molecule has 1 heterocycles. The molecule has 0 unspecified atom stereocenters. The monoisotopic (exact) mass is 217 g/mol. The Hall–Kier alpha value is -2.23. The zero-order valence-electron chi connectivity index (χ0n) is 8.46. The average molecular weight is 217 g/mol. The van der Waals surface area contributed by atoms with E-state index >= 15 is 0 Å². The largest absolute Gasteiger partial charge is 0.504 e. The number of phenols is 3. The Kier molecular flexibility index (Phi) is 2.64. The summed E-state index contributed by atoms with van der Waals surface area (Å²) in [6.07, 6.45) is 2.06. The molecule has 2 aromatic rings. The first-order valence-corrected chi connectivity index (χ1v) is 4.81. The lowest BCUT2D eigenvalue weighted by Gasteiger charge is -2.06. The van der Waals surface area contributed by atoms with Crippen molar-refractivity contribution < 1.29 is 15.3 Å². The normalized spacial score (nSPS) is 10.2. The Balaban J connectivity index is 2.33. The Morgan fingerprint density at radius 1 is 0.938 bits per heavy atom. The van der Waals surface area contributed by atoms with Crippen molar-refractivity contribution in [1.29, 1.82) is 0 Å². The standard InChI is InChI=1S/C12H11NO3/c14-10-5-4-8(11(15)12(10)16)7-9-3-1-2-6-13-9/h1-6,14-16H,7H2. The molecule has 0 spiro atoms. The molecule has 4 nitrogen and oxygen atoms in total. The third kappa shape index (κ3) is 1.91. The molecular weight excluding hydrogens is 206 g/mol. The summed E-state index contributed by atoms with van der Waals surface area (Å²) >= 11 is 0. The summed E-state index contributed by atoms with van der Waals surface area (Å²) in [7, 11) is 0. The van der Waals surface area contributed by atoms with E-state index in [1.165, 1.54) is 6.07 Å². The third-order valence-electron chi connectivity index (χ3n) is 2.31. The zero-order valence-corrected chi connectivity index (χ0v) is 8.46. The van der Waals surface area contributed by atoms with Crippen molar-refractivity contribution in [3.63, 3.8) is 0 Å². The van der Waals surface area contributed by atoms with Crippen LogP contribution in [0.3, 0.4) is 0 Å². The van der Waals surface area contributed by atoms with Crippen LogP contribution in [0.2, 0.25) is 0 Å². The summed E-state index contributed by atoms with van der Waals surface area (Å²) in [6.45, 7) is 0. The fourth-order valence-corrected chi connectivity index (χ4v) is 1.45. The molecule has 0 saturated carbocycles. The van der Waals surface area contributed by atoms with Crippen LogP contribution in [0.25, 0.3) is 0 Å². The highest BCUT2D eigenvalue weighted by Crippen LogP contribution is 2.37. The molecule has 0 radical (unpaired) electrons. The summed E-state index contributed by atoms with van der Waals surface area (Å²) in [4.78, 5) is 4.11. The van der Waals surface area contributed by atoms with Crippen molar-refractivity contribution in [2.75, 3.05) is 0 Å². The van der Waals surface area contributed by atoms with Gasteiger partial charge in [-0.2, -0.15) is 0 Å². The number of hydrogen-bond acceptors (Lipinski definition) is 4. The molecule has 1 aromatic carbocycles. The van der Waals surface area contributed by atoms with Crippen molar-refractivity contribution in [2.45, 2.75) is 6.42 Å². The van der Waals surface area contributed by atoms with Crippen molar-refractivity contribution >= 4 is 0 Å². The highest BCUT2D eigenvalue weighted by molar-refractivity contribution is 5.53. The Bertz CT molecular complexity index is 497. The summed E-state index contributed by atoms with van der Waals surface area (Å²) < 4.78 is 0. The maximum atomic E-state index is 9.60. The van der Waals surface area contributed by atoms with Crippen LogP contribution in [0.15, 0.2) is 36.5 Å². The van der Waals surface area contributed by atoms with Gasteiger partial charge in [-0.15, -0.1) is 0 Å². The van der Waals surface area contributed by atoms with Gasteiger partial charge in [0.15, 0.2) is 11.5 Å². The first-order valence-electron chi connectivity index (χ1n) is 4.81. The molecule has 1 aromatic heterocycles. The lowest BCUT2D eigenvalue weighted by atomic mass is 10.1. The van der Waals surface area contributed by atoms with E-state index in [0.29, 0.717) is 12.0 Å².